The molecule has 7 nitrogen and oxygen atoms in total. The van der Waals surface area contributed by atoms with Crippen LogP contribution in [0.15, 0.2) is 47.5 Å². The van der Waals surface area contributed by atoms with E-state index in [9.17, 15) is 0 Å². The first-order valence-corrected chi connectivity index (χ1v) is 11.3. The fraction of sp³-hybridized carbons (Fsp3) is 0.480. The van der Waals surface area contributed by atoms with Gasteiger partial charge in [-0.05, 0) is 56.1 Å². The van der Waals surface area contributed by atoms with Crippen molar-refractivity contribution < 1.29 is 14.2 Å². The summed E-state index contributed by atoms with van der Waals surface area (Å²) in [4.78, 5) is 7.37. The van der Waals surface area contributed by atoms with Crippen molar-refractivity contribution in [2.45, 2.75) is 32.4 Å². The Morgan fingerprint density at radius 1 is 0.970 bits per heavy atom. The van der Waals surface area contributed by atoms with Crippen LogP contribution in [0.2, 0.25) is 0 Å². The first-order chi connectivity index (χ1) is 15.7. The van der Waals surface area contributed by atoms with E-state index < -0.39 is 0 Å². The van der Waals surface area contributed by atoms with E-state index in [0.29, 0.717) is 29.8 Å². The standard InChI is InChI=1S/C25H36N4O3.HI/c1-5-26-25(27-17-19-15-22(30-2)24(32-4)23(16-19)31-3)28-18-21(29-13-9-10-14-29)20-11-7-6-8-12-20;/h6-8,11-12,15-16,21H,5,9-10,13-14,17-18H2,1-4H3,(H2,26,27,28);1H. The number of hydrogen-bond acceptors (Lipinski definition) is 5. The molecule has 0 aliphatic carbocycles. The minimum Gasteiger partial charge on any atom is -0.493 e. The van der Waals surface area contributed by atoms with E-state index in [1.165, 1.54) is 18.4 Å². The maximum atomic E-state index is 5.47. The molecule has 1 fully saturated rings. The summed E-state index contributed by atoms with van der Waals surface area (Å²) in [7, 11) is 4.85. The Morgan fingerprint density at radius 3 is 2.15 bits per heavy atom. The highest BCUT2D eigenvalue weighted by Gasteiger charge is 2.23. The van der Waals surface area contributed by atoms with E-state index in [-0.39, 0.29) is 24.0 Å². The lowest BCUT2D eigenvalue weighted by molar-refractivity contribution is 0.245. The lowest BCUT2D eigenvalue weighted by Gasteiger charge is -2.29. The summed E-state index contributed by atoms with van der Waals surface area (Å²) in [6, 6.07) is 14.9. The number of methoxy groups -OCH3 is 3. The molecule has 1 unspecified atom stereocenters. The van der Waals surface area contributed by atoms with Gasteiger partial charge in [0.05, 0.1) is 33.9 Å². The molecule has 33 heavy (non-hydrogen) atoms. The van der Waals surface area contributed by atoms with Gasteiger partial charge in [-0.3, -0.25) is 4.90 Å². The summed E-state index contributed by atoms with van der Waals surface area (Å²) < 4.78 is 16.4. The number of halogens is 1. The zero-order valence-corrected chi connectivity index (χ0v) is 22.4. The predicted octanol–water partition coefficient (Wildman–Crippen LogP) is 4.22. The minimum absolute atomic E-state index is 0. The highest BCUT2D eigenvalue weighted by Crippen LogP contribution is 2.38. The van der Waals surface area contributed by atoms with Crippen molar-refractivity contribution in [3.63, 3.8) is 0 Å². The van der Waals surface area contributed by atoms with Gasteiger partial charge in [0.2, 0.25) is 5.75 Å². The van der Waals surface area contributed by atoms with Crippen LogP contribution in [0.4, 0.5) is 0 Å². The van der Waals surface area contributed by atoms with Gasteiger partial charge < -0.3 is 24.8 Å². The summed E-state index contributed by atoms with van der Waals surface area (Å²) in [5.74, 6) is 2.65. The van der Waals surface area contributed by atoms with E-state index in [0.717, 1.165) is 37.7 Å². The van der Waals surface area contributed by atoms with Gasteiger partial charge in [-0.2, -0.15) is 0 Å². The van der Waals surface area contributed by atoms with Crippen LogP contribution >= 0.6 is 24.0 Å². The zero-order chi connectivity index (χ0) is 22.8. The fourth-order valence-electron chi connectivity index (χ4n) is 4.12. The van der Waals surface area contributed by atoms with E-state index in [4.69, 9.17) is 19.2 Å². The van der Waals surface area contributed by atoms with Gasteiger partial charge >= 0.3 is 0 Å². The molecule has 2 aromatic rings. The highest BCUT2D eigenvalue weighted by molar-refractivity contribution is 14.0. The van der Waals surface area contributed by atoms with Gasteiger partial charge in [0, 0.05) is 13.1 Å². The first kappa shape index (κ1) is 27.0. The van der Waals surface area contributed by atoms with Crippen molar-refractivity contribution in [3.05, 3.63) is 53.6 Å². The van der Waals surface area contributed by atoms with Crippen LogP contribution in [-0.4, -0.2) is 58.4 Å². The van der Waals surface area contributed by atoms with Crippen LogP contribution in [-0.2, 0) is 6.54 Å². The van der Waals surface area contributed by atoms with Crippen LogP contribution in [0.1, 0.15) is 36.9 Å². The van der Waals surface area contributed by atoms with Crippen molar-refractivity contribution in [1.29, 1.82) is 0 Å². The number of benzene rings is 2. The number of nitrogens with one attached hydrogen (secondary N) is 2. The normalized spacial score (nSPS) is 14.8. The minimum atomic E-state index is 0. The number of aliphatic imine (C=N–C) groups is 1. The Balaban J connectivity index is 0.00000385. The van der Waals surface area contributed by atoms with Gasteiger partial charge in [0.25, 0.3) is 0 Å². The molecule has 0 spiro atoms. The van der Waals surface area contributed by atoms with Gasteiger partial charge in [0.1, 0.15) is 0 Å². The van der Waals surface area contributed by atoms with E-state index in [2.05, 4.69) is 52.8 Å². The van der Waals surface area contributed by atoms with Gasteiger partial charge in [-0.15, -0.1) is 24.0 Å². The number of guanidine groups is 1. The summed E-state index contributed by atoms with van der Waals surface area (Å²) in [6.07, 6.45) is 2.53. The average molecular weight is 569 g/mol. The van der Waals surface area contributed by atoms with Crippen molar-refractivity contribution >= 4 is 29.9 Å². The summed E-state index contributed by atoms with van der Waals surface area (Å²) in [6.45, 7) is 6.43. The van der Waals surface area contributed by atoms with Crippen molar-refractivity contribution in [2.24, 2.45) is 4.99 Å². The lowest BCUT2D eigenvalue weighted by Crippen LogP contribution is -2.42. The fourth-order valence-corrected chi connectivity index (χ4v) is 4.12. The number of nitrogens with zero attached hydrogens (tertiary/aromatic N) is 2. The molecule has 0 aromatic heterocycles. The maximum Gasteiger partial charge on any atom is 0.203 e. The topological polar surface area (TPSA) is 67.4 Å². The van der Waals surface area contributed by atoms with Gasteiger partial charge in [0.15, 0.2) is 17.5 Å². The number of likely N-dealkylation sites (tertiary alicyclic amines) is 1. The highest BCUT2D eigenvalue weighted by atomic mass is 127. The molecule has 8 heteroatoms. The smallest absolute Gasteiger partial charge is 0.203 e. The third kappa shape index (κ3) is 7.40. The molecule has 0 radical (unpaired) electrons. The van der Waals surface area contributed by atoms with Gasteiger partial charge in [-0.1, -0.05) is 30.3 Å². The largest absolute Gasteiger partial charge is 0.493 e. The molecular weight excluding hydrogens is 531 g/mol. The first-order valence-electron chi connectivity index (χ1n) is 11.3. The molecule has 1 heterocycles. The summed E-state index contributed by atoms with van der Waals surface area (Å²) in [5.41, 5.74) is 2.32. The zero-order valence-electron chi connectivity index (χ0n) is 20.1. The average Bonchev–Trinajstić information content (AvgIpc) is 3.37. The number of hydrogen-bond donors (Lipinski definition) is 2. The van der Waals surface area contributed by atoms with Crippen molar-refractivity contribution in [3.8, 4) is 17.2 Å². The van der Waals surface area contributed by atoms with Crippen molar-refractivity contribution in [2.75, 3.05) is 47.5 Å². The Bertz CT molecular complexity index is 848. The maximum absolute atomic E-state index is 5.47. The number of rotatable bonds is 10. The third-order valence-electron chi connectivity index (χ3n) is 5.72. The van der Waals surface area contributed by atoms with E-state index in [1.54, 1.807) is 21.3 Å². The van der Waals surface area contributed by atoms with Crippen LogP contribution in [0, 0.1) is 0 Å². The van der Waals surface area contributed by atoms with E-state index in [1.807, 2.05) is 12.1 Å². The van der Waals surface area contributed by atoms with Gasteiger partial charge in [-0.25, -0.2) is 4.99 Å². The second-order valence-electron chi connectivity index (χ2n) is 7.78. The molecule has 0 saturated carbocycles. The quantitative estimate of drug-likeness (QED) is 0.254. The second kappa shape index (κ2) is 14.1. The Labute approximate surface area is 214 Å². The molecule has 1 aliphatic heterocycles. The predicted molar refractivity (Wildman–Crippen MR) is 144 cm³/mol. The third-order valence-corrected chi connectivity index (χ3v) is 5.72. The molecule has 182 valence electrons. The molecular formula is C25H37IN4O3. The van der Waals surface area contributed by atoms with Crippen LogP contribution in [0.5, 0.6) is 17.2 Å². The summed E-state index contributed by atoms with van der Waals surface area (Å²) in [5, 5.41) is 6.92. The molecule has 0 bridgehead atoms. The lowest BCUT2D eigenvalue weighted by atomic mass is 10.1. The molecule has 1 saturated heterocycles. The Kier molecular flexibility index (Phi) is 11.6. The molecule has 2 aromatic carbocycles. The summed E-state index contributed by atoms with van der Waals surface area (Å²) >= 11 is 0. The Hall–Kier alpha value is -2.20. The van der Waals surface area contributed by atoms with Crippen LogP contribution in [0.25, 0.3) is 0 Å². The molecule has 0 amide bonds. The number of ether oxygens (including phenoxy) is 3. The molecule has 2 N–H and O–H groups in total. The van der Waals surface area contributed by atoms with Crippen molar-refractivity contribution in [1.82, 2.24) is 15.5 Å². The Morgan fingerprint density at radius 2 is 1.61 bits per heavy atom. The van der Waals surface area contributed by atoms with Crippen LogP contribution < -0.4 is 24.8 Å². The van der Waals surface area contributed by atoms with Crippen LogP contribution in [0.3, 0.4) is 0 Å². The SMILES string of the molecule is CCNC(=NCc1cc(OC)c(OC)c(OC)c1)NCC(c1ccccc1)N1CCCC1.I. The second-order valence-corrected chi connectivity index (χ2v) is 7.78. The molecule has 1 aliphatic rings. The molecule has 3 rings (SSSR count). The van der Waals surface area contributed by atoms with E-state index >= 15 is 0 Å². The monoisotopic (exact) mass is 568 g/mol. The molecule has 1 atom stereocenters.